The molecule has 0 amide bonds. The fourth-order valence-corrected chi connectivity index (χ4v) is 5.08. The smallest absolute Gasteiger partial charge is 0.108 e. The largest absolute Gasteiger partial charge is 0.365 e. The van der Waals surface area contributed by atoms with Crippen molar-refractivity contribution in [1.29, 1.82) is 0 Å². The van der Waals surface area contributed by atoms with Gasteiger partial charge >= 0.3 is 0 Å². The lowest BCUT2D eigenvalue weighted by Gasteiger charge is -2.35. The van der Waals surface area contributed by atoms with E-state index in [1.807, 2.05) is 6.92 Å². The van der Waals surface area contributed by atoms with Crippen LogP contribution in [0.5, 0.6) is 0 Å². The average molecular weight is 348 g/mol. The Labute approximate surface area is 118 Å². The molecule has 2 bridgehead atoms. The minimum atomic E-state index is -0.106. The summed E-state index contributed by atoms with van der Waals surface area (Å²) in [5.41, 5.74) is -0.0921. The fraction of sp³-hybridized carbons (Fsp3) is 0.857. The first-order valence-corrected chi connectivity index (χ1v) is 7.54. The predicted molar refractivity (Wildman–Crippen MR) is 77.3 cm³/mol. The van der Waals surface area contributed by atoms with Crippen molar-refractivity contribution in [1.82, 2.24) is 0 Å². The molecule has 3 heteroatoms. The number of hydrogen-bond donors (Lipinski definition) is 0. The summed E-state index contributed by atoms with van der Waals surface area (Å²) in [6.45, 7) is 9.08. The Bertz CT molecular complexity index is 357. The van der Waals surface area contributed by atoms with Crippen LogP contribution in [0, 0.1) is 17.8 Å². The molecule has 0 spiro atoms. The predicted octanol–water partition coefficient (Wildman–Crippen LogP) is 3.18. The lowest BCUT2D eigenvalue weighted by molar-refractivity contribution is -0.0884. The third-order valence-corrected chi connectivity index (χ3v) is 5.73. The van der Waals surface area contributed by atoms with Gasteiger partial charge in [0.2, 0.25) is 0 Å². The molecule has 0 aromatic carbocycles. The number of hydrogen-bond acceptors (Lipinski definition) is 2. The molecule has 0 aromatic heterocycles. The molecule has 2 heterocycles. The molecule has 2 aliphatic heterocycles. The quantitative estimate of drug-likeness (QED) is 0.443. The van der Waals surface area contributed by atoms with Crippen molar-refractivity contribution in [2.75, 3.05) is 6.61 Å². The molecule has 17 heavy (non-hydrogen) atoms. The van der Waals surface area contributed by atoms with E-state index in [9.17, 15) is 0 Å². The summed E-state index contributed by atoms with van der Waals surface area (Å²) in [7, 11) is 0. The van der Waals surface area contributed by atoms with Crippen LogP contribution in [0.1, 0.15) is 40.5 Å². The lowest BCUT2D eigenvalue weighted by Crippen LogP contribution is -2.45. The summed E-state index contributed by atoms with van der Waals surface area (Å²) in [6.07, 6.45) is 2.31. The molecule has 96 valence electrons. The Hall–Kier alpha value is 0.210. The first-order chi connectivity index (χ1) is 7.94. The van der Waals surface area contributed by atoms with Crippen LogP contribution in [0.2, 0.25) is 0 Å². The van der Waals surface area contributed by atoms with Crippen molar-refractivity contribution in [2.24, 2.45) is 5.92 Å². The molecule has 0 unspecified atom stereocenters. The topological polar surface area (TPSA) is 18.5 Å². The molecular formula is C14H21IO2. The van der Waals surface area contributed by atoms with Gasteiger partial charge < -0.3 is 9.47 Å². The summed E-state index contributed by atoms with van der Waals surface area (Å²) >= 11 is 2.55. The molecule has 0 aromatic rings. The van der Waals surface area contributed by atoms with Gasteiger partial charge in [-0.05, 0) is 26.2 Å². The standard InChI is InChI=1S/C14H21IO2/c1-5-6-7-16-12-9-14(10(2)3)11(15)8-13(12,4)17-14/h10-12H,7-9H2,1-4H3/t11-,12+,13-,14+/m1/s1. The van der Waals surface area contributed by atoms with E-state index < -0.39 is 0 Å². The summed E-state index contributed by atoms with van der Waals surface area (Å²) in [5.74, 6) is 6.39. The zero-order chi connectivity index (χ0) is 12.7. The zero-order valence-corrected chi connectivity index (χ0v) is 13.2. The van der Waals surface area contributed by atoms with E-state index in [4.69, 9.17) is 9.47 Å². The summed E-state index contributed by atoms with van der Waals surface area (Å²) in [6, 6.07) is 0. The molecule has 2 rings (SSSR count). The Balaban J connectivity index is 2.12. The van der Waals surface area contributed by atoms with E-state index in [0.29, 0.717) is 16.4 Å². The Morgan fingerprint density at radius 1 is 1.47 bits per heavy atom. The Morgan fingerprint density at radius 2 is 2.18 bits per heavy atom. The van der Waals surface area contributed by atoms with E-state index in [2.05, 4.69) is 55.2 Å². The zero-order valence-electron chi connectivity index (χ0n) is 11.0. The first-order valence-electron chi connectivity index (χ1n) is 6.30. The van der Waals surface area contributed by atoms with Crippen molar-refractivity contribution < 1.29 is 9.47 Å². The maximum atomic E-state index is 6.38. The SMILES string of the molecule is CC#CCO[C@H]1C[C@@]2(C(C)C)O[C@]1(C)C[C@H]2I. The second kappa shape index (κ2) is 4.71. The molecule has 2 aliphatic rings. The van der Waals surface area contributed by atoms with E-state index in [1.165, 1.54) is 0 Å². The molecule has 2 saturated heterocycles. The molecule has 4 atom stereocenters. The van der Waals surface area contributed by atoms with Crippen LogP contribution in [0.3, 0.4) is 0 Å². The fourth-order valence-electron chi connectivity index (χ4n) is 3.11. The van der Waals surface area contributed by atoms with Crippen LogP contribution < -0.4 is 0 Å². The monoisotopic (exact) mass is 348 g/mol. The number of halogens is 1. The van der Waals surface area contributed by atoms with Crippen LogP contribution in [-0.4, -0.2) is 27.8 Å². The van der Waals surface area contributed by atoms with Crippen molar-refractivity contribution in [3.8, 4) is 11.8 Å². The van der Waals surface area contributed by atoms with Gasteiger partial charge in [0, 0.05) is 10.3 Å². The Kier molecular flexibility index (Phi) is 3.78. The van der Waals surface area contributed by atoms with Gasteiger partial charge in [-0.1, -0.05) is 42.4 Å². The first kappa shape index (κ1) is 13.6. The highest BCUT2D eigenvalue weighted by Gasteiger charge is 2.65. The van der Waals surface area contributed by atoms with Crippen LogP contribution in [-0.2, 0) is 9.47 Å². The van der Waals surface area contributed by atoms with Crippen molar-refractivity contribution in [3.05, 3.63) is 0 Å². The van der Waals surface area contributed by atoms with Gasteiger partial charge in [-0.25, -0.2) is 0 Å². The highest BCUT2D eigenvalue weighted by Crippen LogP contribution is 2.57. The van der Waals surface area contributed by atoms with Gasteiger partial charge in [0.05, 0.1) is 17.3 Å². The van der Waals surface area contributed by atoms with Crippen molar-refractivity contribution in [2.45, 2.75) is 61.8 Å². The maximum Gasteiger partial charge on any atom is 0.108 e. The number of fused-ring (bicyclic) bond motifs is 2. The van der Waals surface area contributed by atoms with Crippen molar-refractivity contribution in [3.63, 3.8) is 0 Å². The molecule has 0 N–H and O–H groups in total. The number of rotatable bonds is 3. The summed E-state index contributed by atoms with van der Waals surface area (Å²) in [4.78, 5) is 0. The summed E-state index contributed by atoms with van der Waals surface area (Å²) < 4.78 is 12.9. The normalized spacial score (nSPS) is 43.9. The second-order valence-corrected chi connectivity index (χ2v) is 7.13. The average Bonchev–Trinajstić information content (AvgIpc) is 2.67. The molecule has 2 nitrogen and oxygen atoms in total. The number of alkyl halides is 1. The van der Waals surface area contributed by atoms with Crippen LogP contribution >= 0.6 is 22.6 Å². The highest BCUT2D eigenvalue weighted by molar-refractivity contribution is 14.1. The minimum absolute atomic E-state index is 0.0135. The lowest BCUT2D eigenvalue weighted by atomic mass is 9.75. The van der Waals surface area contributed by atoms with Gasteiger partial charge in [0.15, 0.2) is 0 Å². The van der Waals surface area contributed by atoms with Crippen molar-refractivity contribution >= 4 is 22.6 Å². The minimum Gasteiger partial charge on any atom is -0.365 e. The van der Waals surface area contributed by atoms with E-state index in [-0.39, 0.29) is 17.3 Å². The maximum absolute atomic E-state index is 6.38. The van der Waals surface area contributed by atoms with Gasteiger partial charge in [0.25, 0.3) is 0 Å². The Morgan fingerprint density at radius 3 is 2.71 bits per heavy atom. The van der Waals surface area contributed by atoms with E-state index in [0.717, 1.165) is 12.8 Å². The van der Waals surface area contributed by atoms with E-state index in [1.54, 1.807) is 0 Å². The third-order valence-electron chi connectivity index (χ3n) is 4.23. The molecule has 0 aliphatic carbocycles. The van der Waals surface area contributed by atoms with Crippen LogP contribution in [0.25, 0.3) is 0 Å². The molecule has 0 radical (unpaired) electrons. The van der Waals surface area contributed by atoms with Gasteiger partial charge in [-0.2, -0.15) is 0 Å². The van der Waals surface area contributed by atoms with Crippen LogP contribution in [0.4, 0.5) is 0 Å². The van der Waals surface area contributed by atoms with Gasteiger partial charge in [0.1, 0.15) is 6.61 Å². The van der Waals surface area contributed by atoms with Gasteiger partial charge in [-0.15, -0.1) is 5.92 Å². The number of ether oxygens (including phenoxy) is 2. The summed E-state index contributed by atoms with van der Waals surface area (Å²) in [5, 5.41) is 0. The molecule has 0 saturated carbocycles. The third kappa shape index (κ3) is 2.13. The van der Waals surface area contributed by atoms with Gasteiger partial charge in [-0.3, -0.25) is 0 Å². The van der Waals surface area contributed by atoms with Crippen LogP contribution in [0.15, 0.2) is 0 Å². The molecule has 2 fully saturated rings. The van der Waals surface area contributed by atoms with E-state index >= 15 is 0 Å². The highest BCUT2D eigenvalue weighted by atomic mass is 127. The second-order valence-electron chi connectivity index (χ2n) is 5.63. The molecular weight excluding hydrogens is 327 g/mol.